The number of anilines is 1. The molecule has 0 aliphatic rings. The molecule has 78 valence electrons. The van der Waals surface area contributed by atoms with Crippen LogP contribution in [0.4, 0.5) is 5.82 Å². The summed E-state index contributed by atoms with van der Waals surface area (Å²) < 4.78 is 0.960. The molecule has 1 heterocycles. The van der Waals surface area contributed by atoms with E-state index in [1.807, 2.05) is 12.1 Å². The summed E-state index contributed by atoms with van der Waals surface area (Å²) in [5, 5.41) is 4.84. The normalized spacial score (nSPS) is 10.2. The van der Waals surface area contributed by atoms with E-state index in [0.29, 0.717) is 0 Å². The lowest BCUT2D eigenvalue weighted by molar-refractivity contribution is 0.687. The van der Waals surface area contributed by atoms with Crippen LogP contribution in [0.2, 0.25) is 0 Å². The molecule has 0 spiro atoms. The van der Waals surface area contributed by atoms with Gasteiger partial charge in [-0.25, -0.2) is 10.8 Å². The maximum atomic E-state index is 5.80. The maximum absolute atomic E-state index is 5.80. The summed E-state index contributed by atoms with van der Waals surface area (Å²) in [6.45, 7) is 4.65. The van der Waals surface area contributed by atoms with Gasteiger partial charge in [0, 0.05) is 23.8 Å². The van der Waals surface area contributed by atoms with Crippen molar-refractivity contribution < 1.29 is 0 Å². The van der Waals surface area contributed by atoms with Crippen molar-refractivity contribution >= 4 is 21.7 Å². The van der Waals surface area contributed by atoms with Gasteiger partial charge < -0.3 is 5.32 Å². The van der Waals surface area contributed by atoms with Crippen LogP contribution >= 0.6 is 15.9 Å². The molecule has 0 atom stereocenters. The molecule has 0 saturated carbocycles. The zero-order valence-electron chi connectivity index (χ0n) is 8.20. The Hall–Kier alpha value is -0.650. The van der Waals surface area contributed by atoms with Crippen LogP contribution in [0, 0.1) is 0 Å². The summed E-state index contributed by atoms with van der Waals surface area (Å²) >= 11 is 3.32. The summed E-state index contributed by atoms with van der Waals surface area (Å²) in [5.41, 5.74) is 0. The van der Waals surface area contributed by atoms with Gasteiger partial charge in [0.05, 0.1) is 0 Å². The molecule has 4 nitrogen and oxygen atoms in total. The Labute approximate surface area is 92.6 Å². The lowest BCUT2D eigenvalue weighted by atomic mass is 10.4. The average Bonchev–Trinajstić information content (AvgIpc) is 2.19. The van der Waals surface area contributed by atoms with Crippen LogP contribution in [-0.4, -0.2) is 24.6 Å². The molecule has 0 fully saturated rings. The first-order valence-corrected chi connectivity index (χ1v) is 5.38. The van der Waals surface area contributed by atoms with Crippen LogP contribution in [-0.2, 0) is 0 Å². The van der Waals surface area contributed by atoms with Gasteiger partial charge in [-0.3, -0.25) is 5.01 Å². The molecular weight excluding hydrogens is 244 g/mol. The molecule has 1 aromatic rings. The number of nitrogens with two attached hydrogens (primary N) is 1. The van der Waals surface area contributed by atoms with Gasteiger partial charge in [-0.15, -0.1) is 0 Å². The first-order chi connectivity index (χ1) is 6.74. The van der Waals surface area contributed by atoms with Crippen molar-refractivity contribution in [2.24, 2.45) is 5.84 Å². The highest BCUT2D eigenvalue weighted by molar-refractivity contribution is 9.10. The van der Waals surface area contributed by atoms with Gasteiger partial charge in [0.1, 0.15) is 5.82 Å². The van der Waals surface area contributed by atoms with Gasteiger partial charge >= 0.3 is 0 Å². The number of halogens is 1. The number of hydrogen-bond donors (Lipinski definition) is 2. The van der Waals surface area contributed by atoms with Crippen LogP contribution in [0.25, 0.3) is 0 Å². The third-order valence-electron chi connectivity index (χ3n) is 1.79. The number of nitrogens with one attached hydrogen (secondary N) is 1. The maximum Gasteiger partial charge on any atom is 0.142 e. The number of hydrazine groups is 1. The fourth-order valence-electron chi connectivity index (χ4n) is 1.03. The van der Waals surface area contributed by atoms with E-state index in [9.17, 15) is 0 Å². The Balaban J connectivity index is 2.43. The quantitative estimate of drug-likeness (QED) is 0.473. The van der Waals surface area contributed by atoms with Gasteiger partial charge in [0.25, 0.3) is 0 Å². The van der Waals surface area contributed by atoms with Crippen molar-refractivity contribution in [3.8, 4) is 0 Å². The monoisotopic (exact) mass is 258 g/mol. The molecule has 1 rings (SSSR count). The Morgan fingerprint density at radius 1 is 1.57 bits per heavy atom. The van der Waals surface area contributed by atoms with E-state index in [4.69, 9.17) is 5.84 Å². The van der Waals surface area contributed by atoms with Gasteiger partial charge in [-0.05, 0) is 34.6 Å². The number of nitrogens with zero attached hydrogens (tertiary/aromatic N) is 2. The molecule has 0 aromatic carbocycles. The van der Waals surface area contributed by atoms with Crippen molar-refractivity contribution in [1.82, 2.24) is 10.3 Å². The topological polar surface area (TPSA) is 54.2 Å². The SMILES string of the molecule is CCNCCN(N)c1ccc(Br)cn1. The first-order valence-electron chi connectivity index (χ1n) is 4.58. The third kappa shape index (κ3) is 3.61. The van der Waals surface area contributed by atoms with Crippen molar-refractivity contribution in [2.75, 3.05) is 24.6 Å². The summed E-state index contributed by atoms with van der Waals surface area (Å²) in [7, 11) is 0. The molecule has 5 heteroatoms. The molecule has 0 saturated heterocycles. The summed E-state index contributed by atoms with van der Waals surface area (Å²) in [6, 6.07) is 3.81. The Bertz CT molecular complexity index is 262. The second-order valence-corrected chi connectivity index (χ2v) is 3.80. The first kappa shape index (κ1) is 11.4. The highest BCUT2D eigenvalue weighted by atomic mass is 79.9. The fourth-order valence-corrected chi connectivity index (χ4v) is 1.26. The highest BCUT2D eigenvalue weighted by Gasteiger charge is 2.01. The van der Waals surface area contributed by atoms with Gasteiger partial charge in [0.2, 0.25) is 0 Å². The summed E-state index contributed by atoms with van der Waals surface area (Å²) in [5.74, 6) is 6.58. The van der Waals surface area contributed by atoms with Crippen molar-refractivity contribution in [1.29, 1.82) is 0 Å². The summed E-state index contributed by atoms with van der Waals surface area (Å²) in [4.78, 5) is 4.18. The van der Waals surface area contributed by atoms with Crippen LogP contribution in [0.3, 0.4) is 0 Å². The molecule has 1 aromatic heterocycles. The van der Waals surface area contributed by atoms with Crippen molar-refractivity contribution in [3.63, 3.8) is 0 Å². The van der Waals surface area contributed by atoms with E-state index >= 15 is 0 Å². The molecule has 0 radical (unpaired) electrons. The number of hydrogen-bond acceptors (Lipinski definition) is 4. The number of likely N-dealkylation sites (N-methyl/N-ethyl adjacent to an activating group) is 1. The zero-order chi connectivity index (χ0) is 10.4. The number of rotatable bonds is 5. The molecule has 0 bridgehead atoms. The average molecular weight is 259 g/mol. The van der Waals surface area contributed by atoms with E-state index in [0.717, 1.165) is 29.9 Å². The van der Waals surface area contributed by atoms with E-state index in [2.05, 4.69) is 33.2 Å². The van der Waals surface area contributed by atoms with Gasteiger partial charge in [-0.2, -0.15) is 0 Å². The second kappa shape index (κ2) is 5.95. The predicted octanol–water partition coefficient (Wildman–Crippen LogP) is 1.13. The van der Waals surface area contributed by atoms with Crippen molar-refractivity contribution in [2.45, 2.75) is 6.92 Å². The lowest BCUT2D eigenvalue weighted by Crippen LogP contribution is -2.37. The Kier molecular flexibility index (Phi) is 4.86. The molecular formula is C9H15BrN4. The van der Waals surface area contributed by atoms with Crippen LogP contribution < -0.4 is 16.2 Å². The van der Waals surface area contributed by atoms with Gasteiger partial charge in [0.15, 0.2) is 0 Å². The lowest BCUT2D eigenvalue weighted by Gasteiger charge is -2.17. The Morgan fingerprint density at radius 3 is 2.93 bits per heavy atom. The van der Waals surface area contributed by atoms with E-state index < -0.39 is 0 Å². The van der Waals surface area contributed by atoms with E-state index in [1.165, 1.54) is 0 Å². The van der Waals surface area contributed by atoms with Crippen LogP contribution in [0.5, 0.6) is 0 Å². The van der Waals surface area contributed by atoms with Crippen LogP contribution in [0.15, 0.2) is 22.8 Å². The number of aromatic nitrogens is 1. The van der Waals surface area contributed by atoms with Crippen LogP contribution in [0.1, 0.15) is 6.92 Å². The predicted molar refractivity (Wildman–Crippen MR) is 62.0 cm³/mol. The van der Waals surface area contributed by atoms with E-state index in [1.54, 1.807) is 11.2 Å². The molecule has 3 N–H and O–H groups in total. The van der Waals surface area contributed by atoms with Crippen molar-refractivity contribution in [3.05, 3.63) is 22.8 Å². The Morgan fingerprint density at radius 2 is 2.36 bits per heavy atom. The highest BCUT2D eigenvalue weighted by Crippen LogP contribution is 2.11. The fraction of sp³-hybridized carbons (Fsp3) is 0.444. The summed E-state index contributed by atoms with van der Waals surface area (Å²) in [6.07, 6.45) is 1.74. The second-order valence-electron chi connectivity index (χ2n) is 2.88. The molecule has 0 aliphatic carbocycles. The minimum Gasteiger partial charge on any atom is -0.315 e. The van der Waals surface area contributed by atoms with E-state index in [-0.39, 0.29) is 0 Å². The molecule has 0 aliphatic heterocycles. The molecule has 0 amide bonds. The van der Waals surface area contributed by atoms with Gasteiger partial charge in [-0.1, -0.05) is 6.92 Å². The molecule has 0 unspecified atom stereocenters. The minimum absolute atomic E-state index is 0.752. The number of pyridine rings is 1. The standard InChI is InChI=1S/C9H15BrN4/c1-2-12-5-6-14(11)9-4-3-8(10)7-13-9/h3-4,7,12H,2,5-6,11H2,1H3. The minimum atomic E-state index is 0.752. The third-order valence-corrected chi connectivity index (χ3v) is 2.25. The zero-order valence-corrected chi connectivity index (χ0v) is 9.79. The smallest absolute Gasteiger partial charge is 0.142 e. The molecule has 14 heavy (non-hydrogen) atoms. The largest absolute Gasteiger partial charge is 0.315 e.